The summed E-state index contributed by atoms with van der Waals surface area (Å²) in [5, 5.41) is 0. The van der Waals surface area contributed by atoms with Gasteiger partial charge in [-0.25, -0.2) is 4.39 Å². The molecule has 94 valence electrons. The van der Waals surface area contributed by atoms with Crippen molar-refractivity contribution in [2.75, 3.05) is 0 Å². The van der Waals surface area contributed by atoms with Crippen LogP contribution in [0.25, 0.3) is 0 Å². The van der Waals surface area contributed by atoms with E-state index in [1.54, 1.807) is 12.1 Å². The Labute approximate surface area is 118 Å². The van der Waals surface area contributed by atoms with Crippen molar-refractivity contribution in [3.05, 3.63) is 28.5 Å². The van der Waals surface area contributed by atoms with Crippen LogP contribution in [-0.2, 0) is 0 Å². The van der Waals surface area contributed by atoms with E-state index in [2.05, 4.69) is 45.7 Å². The number of halogens is 3. The first-order chi connectivity index (χ1) is 7.97. The molecule has 1 saturated carbocycles. The maximum atomic E-state index is 13.4. The van der Waals surface area contributed by atoms with E-state index in [4.69, 9.17) is 4.74 Å². The van der Waals surface area contributed by atoms with Crippen LogP contribution >= 0.6 is 31.9 Å². The molecule has 0 saturated heterocycles. The smallest absolute Gasteiger partial charge is 0.141 e. The molecule has 1 nitrogen and oxygen atoms in total. The SMILES string of the molecule is CCC1(C)C(Br)CC1Oc1ccc(Br)c(F)c1. The third-order valence-corrected chi connectivity index (χ3v) is 5.87. The molecule has 1 aliphatic carbocycles. The Balaban J connectivity index is 2.09. The van der Waals surface area contributed by atoms with Crippen LogP contribution in [0.2, 0.25) is 0 Å². The van der Waals surface area contributed by atoms with Gasteiger partial charge in [-0.2, -0.15) is 0 Å². The average Bonchev–Trinajstić information content (AvgIpc) is 2.32. The molecule has 17 heavy (non-hydrogen) atoms. The molecule has 0 aliphatic heterocycles. The lowest BCUT2D eigenvalue weighted by Gasteiger charge is -2.50. The predicted molar refractivity (Wildman–Crippen MR) is 74.2 cm³/mol. The molecule has 1 aromatic carbocycles. The monoisotopic (exact) mass is 364 g/mol. The van der Waals surface area contributed by atoms with Crippen molar-refractivity contribution in [1.82, 2.24) is 0 Å². The number of rotatable bonds is 3. The Morgan fingerprint density at radius 2 is 2.24 bits per heavy atom. The summed E-state index contributed by atoms with van der Waals surface area (Å²) in [5.41, 5.74) is 0.142. The number of ether oxygens (including phenoxy) is 1. The van der Waals surface area contributed by atoms with Gasteiger partial charge in [0, 0.05) is 16.3 Å². The zero-order chi connectivity index (χ0) is 12.6. The van der Waals surface area contributed by atoms with Crippen LogP contribution in [0.4, 0.5) is 4.39 Å². The lowest BCUT2D eigenvalue weighted by Crippen LogP contribution is -2.54. The fourth-order valence-electron chi connectivity index (χ4n) is 2.11. The van der Waals surface area contributed by atoms with Gasteiger partial charge in [0.15, 0.2) is 0 Å². The van der Waals surface area contributed by atoms with Gasteiger partial charge in [0.05, 0.1) is 4.47 Å². The molecule has 1 aromatic rings. The van der Waals surface area contributed by atoms with Crippen molar-refractivity contribution in [3.8, 4) is 5.75 Å². The van der Waals surface area contributed by atoms with Crippen molar-refractivity contribution in [3.63, 3.8) is 0 Å². The standard InChI is InChI=1S/C13H15Br2FO/c1-3-13(2)11(15)7-12(13)17-8-4-5-9(14)10(16)6-8/h4-6,11-12H,3,7H2,1-2H3. The molecule has 0 amide bonds. The minimum atomic E-state index is -0.282. The highest BCUT2D eigenvalue weighted by molar-refractivity contribution is 9.10. The molecule has 3 atom stereocenters. The maximum absolute atomic E-state index is 13.4. The van der Waals surface area contributed by atoms with Crippen LogP contribution in [0.1, 0.15) is 26.7 Å². The topological polar surface area (TPSA) is 9.23 Å². The molecule has 4 heteroatoms. The average molecular weight is 366 g/mol. The minimum Gasteiger partial charge on any atom is -0.490 e. The molecule has 0 bridgehead atoms. The number of hydrogen-bond donors (Lipinski definition) is 0. The second kappa shape index (κ2) is 4.88. The normalized spacial score (nSPS) is 32.1. The van der Waals surface area contributed by atoms with Gasteiger partial charge in [0.25, 0.3) is 0 Å². The largest absolute Gasteiger partial charge is 0.490 e. The van der Waals surface area contributed by atoms with Crippen LogP contribution in [-0.4, -0.2) is 10.9 Å². The third-order valence-electron chi connectivity index (χ3n) is 3.80. The summed E-state index contributed by atoms with van der Waals surface area (Å²) in [6, 6.07) is 4.91. The Morgan fingerprint density at radius 3 is 2.76 bits per heavy atom. The van der Waals surface area contributed by atoms with Crippen LogP contribution in [0, 0.1) is 11.2 Å². The van der Waals surface area contributed by atoms with E-state index in [9.17, 15) is 4.39 Å². The summed E-state index contributed by atoms with van der Waals surface area (Å²) >= 11 is 6.80. The van der Waals surface area contributed by atoms with Crippen molar-refractivity contribution >= 4 is 31.9 Å². The number of alkyl halides is 1. The van der Waals surface area contributed by atoms with Gasteiger partial charge >= 0.3 is 0 Å². The molecule has 0 N–H and O–H groups in total. The van der Waals surface area contributed by atoms with E-state index in [0.717, 1.165) is 12.8 Å². The molecular formula is C13H15Br2FO. The van der Waals surface area contributed by atoms with Crippen molar-refractivity contribution in [2.45, 2.75) is 37.6 Å². The van der Waals surface area contributed by atoms with E-state index in [-0.39, 0.29) is 17.3 Å². The zero-order valence-corrected chi connectivity index (χ0v) is 13.0. The summed E-state index contributed by atoms with van der Waals surface area (Å²) in [5.74, 6) is 0.324. The highest BCUT2D eigenvalue weighted by atomic mass is 79.9. The third kappa shape index (κ3) is 2.39. The van der Waals surface area contributed by atoms with Crippen molar-refractivity contribution in [1.29, 1.82) is 0 Å². The Hall–Kier alpha value is -0.0900. The van der Waals surface area contributed by atoms with Gasteiger partial charge < -0.3 is 4.74 Å². The number of benzene rings is 1. The highest BCUT2D eigenvalue weighted by Gasteiger charge is 2.50. The zero-order valence-electron chi connectivity index (χ0n) is 9.84. The van der Waals surface area contributed by atoms with E-state index >= 15 is 0 Å². The van der Waals surface area contributed by atoms with Gasteiger partial charge in [0.2, 0.25) is 0 Å². The van der Waals surface area contributed by atoms with E-state index in [0.29, 0.717) is 15.0 Å². The van der Waals surface area contributed by atoms with Crippen molar-refractivity contribution in [2.24, 2.45) is 5.41 Å². The fraction of sp³-hybridized carbons (Fsp3) is 0.538. The molecule has 2 rings (SSSR count). The lowest BCUT2D eigenvalue weighted by molar-refractivity contribution is -0.0244. The molecular weight excluding hydrogens is 351 g/mol. The van der Waals surface area contributed by atoms with Gasteiger partial charge in [-0.05, 0) is 40.9 Å². The summed E-state index contributed by atoms with van der Waals surface area (Å²) in [4.78, 5) is 0.491. The van der Waals surface area contributed by atoms with Gasteiger partial charge in [0.1, 0.15) is 17.7 Å². The summed E-state index contributed by atoms with van der Waals surface area (Å²) < 4.78 is 19.7. The summed E-state index contributed by atoms with van der Waals surface area (Å²) in [7, 11) is 0. The number of hydrogen-bond acceptors (Lipinski definition) is 1. The first-order valence-corrected chi connectivity index (χ1v) is 7.44. The van der Waals surface area contributed by atoms with E-state index in [1.807, 2.05) is 0 Å². The van der Waals surface area contributed by atoms with E-state index in [1.165, 1.54) is 6.07 Å². The molecule has 0 aromatic heterocycles. The van der Waals surface area contributed by atoms with Crippen LogP contribution < -0.4 is 4.74 Å². The Morgan fingerprint density at radius 1 is 1.53 bits per heavy atom. The van der Waals surface area contributed by atoms with Crippen LogP contribution in [0.5, 0.6) is 5.75 Å². The molecule has 1 fully saturated rings. The maximum Gasteiger partial charge on any atom is 0.141 e. The van der Waals surface area contributed by atoms with E-state index < -0.39 is 0 Å². The summed E-state index contributed by atoms with van der Waals surface area (Å²) in [6.45, 7) is 4.36. The van der Waals surface area contributed by atoms with Crippen LogP contribution in [0.3, 0.4) is 0 Å². The fourth-order valence-corrected chi connectivity index (χ4v) is 3.32. The van der Waals surface area contributed by atoms with Gasteiger partial charge in [-0.15, -0.1) is 0 Å². The van der Waals surface area contributed by atoms with Gasteiger partial charge in [-0.1, -0.05) is 29.8 Å². The quantitative estimate of drug-likeness (QED) is 0.691. The first kappa shape index (κ1) is 13.3. The first-order valence-electron chi connectivity index (χ1n) is 5.73. The molecule has 3 unspecified atom stereocenters. The summed E-state index contributed by atoms with van der Waals surface area (Å²) in [6.07, 6.45) is 2.19. The second-order valence-electron chi connectivity index (χ2n) is 4.75. The predicted octanol–water partition coefficient (Wildman–Crippen LogP) is 4.92. The Kier molecular flexibility index (Phi) is 3.83. The van der Waals surface area contributed by atoms with Crippen molar-refractivity contribution < 1.29 is 9.13 Å². The van der Waals surface area contributed by atoms with Gasteiger partial charge in [-0.3, -0.25) is 0 Å². The molecule has 0 radical (unpaired) electrons. The Bertz CT molecular complexity index is 424. The van der Waals surface area contributed by atoms with Crippen LogP contribution in [0.15, 0.2) is 22.7 Å². The molecule has 0 heterocycles. The molecule has 1 aliphatic rings. The lowest BCUT2D eigenvalue weighted by atomic mass is 9.65. The minimum absolute atomic E-state index is 0.142. The molecule has 0 spiro atoms. The second-order valence-corrected chi connectivity index (χ2v) is 6.70. The highest BCUT2D eigenvalue weighted by Crippen LogP contribution is 2.50.